The second-order valence-electron chi connectivity index (χ2n) is 5.17. The molecule has 1 N–H and O–H groups in total. The number of rotatable bonds is 8. The van der Waals surface area contributed by atoms with Crippen LogP contribution in [0, 0.1) is 0 Å². The van der Waals surface area contributed by atoms with Gasteiger partial charge in [-0.25, -0.2) is 0 Å². The Balaban J connectivity index is 2.70. The Morgan fingerprint density at radius 1 is 1.29 bits per heavy atom. The van der Waals surface area contributed by atoms with Gasteiger partial charge in [-0.2, -0.15) is 0 Å². The monoisotopic (exact) mass is 293 g/mol. The van der Waals surface area contributed by atoms with Crippen molar-refractivity contribution in [1.82, 2.24) is 4.90 Å². The number of aliphatic carboxylic acids is 1. The lowest BCUT2D eigenvalue weighted by Gasteiger charge is -2.27. The van der Waals surface area contributed by atoms with Gasteiger partial charge >= 0.3 is 5.97 Å². The minimum absolute atomic E-state index is 0.0140. The zero-order valence-corrected chi connectivity index (χ0v) is 12.8. The Kier molecular flexibility index (Phi) is 6.72. The van der Waals surface area contributed by atoms with Crippen LogP contribution in [0.15, 0.2) is 24.3 Å². The van der Waals surface area contributed by atoms with Crippen LogP contribution in [0.1, 0.15) is 32.3 Å². The number of para-hydroxylation sites is 1. The highest BCUT2D eigenvalue weighted by molar-refractivity contribution is 5.79. The SMILES string of the molecule is COc1ccccc1CC(=O)N(CCCC(=O)O)C(C)C. The fourth-order valence-electron chi connectivity index (χ4n) is 2.18. The maximum Gasteiger partial charge on any atom is 0.303 e. The number of ether oxygens (including phenoxy) is 1. The van der Waals surface area contributed by atoms with Crippen LogP contribution in [-0.4, -0.2) is 41.6 Å². The van der Waals surface area contributed by atoms with Crippen molar-refractivity contribution < 1.29 is 19.4 Å². The number of amides is 1. The summed E-state index contributed by atoms with van der Waals surface area (Å²) in [5.41, 5.74) is 0.842. The first-order valence-electron chi connectivity index (χ1n) is 7.08. The van der Waals surface area contributed by atoms with Crippen LogP contribution in [0.4, 0.5) is 0 Å². The highest BCUT2D eigenvalue weighted by Crippen LogP contribution is 2.19. The van der Waals surface area contributed by atoms with E-state index in [9.17, 15) is 9.59 Å². The van der Waals surface area contributed by atoms with Crippen molar-refractivity contribution in [2.24, 2.45) is 0 Å². The molecule has 0 bridgehead atoms. The number of hydrogen-bond acceptors (Lipinski definition) is 3. The van der Waals surface area contributed by atoms with E-state index in [2.05, 4.69) is 0 Å². The molecule has 0 aliphatic heterocycles. The Hall–Kier alpha value is -2.04. The summed E-state index contributed by atoms with van der Waals surface area (Å²) in [5.74, 6) is -0.157. The second kappa shape index (κ2) is 8.29. The predicted octanol–water partition coefficient (Wildman–Crippen LogP) is 2.34. The highest BCUT2D eigenvalue weighted by atomic mass is 16.5. The maximum absolute atomic E-state index is 12.4. The van der Waals surface area contributed by atoms with Crippen molar-refractivity contribution in [2.45, 2.75) is 39.2 Å². The Labute approximate surface area is 125 Å². The van der Waals surface area contributed by atoms with Crippen molar-refractivity contribution in [3.63, 3.8) is 0 Å². The molecule has 1 amide bonds. The molecular weight excluding hydrogens is 270 g/mol. The van der Waals surface area contributed by atoms with Gasteiger partial charge in [-0.1, -0.05) is 18.2 Å². The number of carbonyl (C=O) groups is 2. The van der Waals surface area contributed by atoms with E-state index in [0.29, 0.717) is 18.7 Å². The van der Waals surface area contributed by atoms with Crippen LogP contribution >= 0.6 is 0 Å². The van der Waals surface area contributed by atoms with Gasteiger partial charge in [-0.15, -0.1) is 0 Å². The first-order chi connectivity index (χ1) is 9.95. The molecular formula is C16H23NO4. The third kappa shape index (κ3) is 5.45. The first kappa shape index (κ1) is 17.0. The van der Waals surface area contributed by atoms with E-state index in [0.717, 1.165) is 5.56 Å². The molecule has 5 nitrogen and oxygen atoms in total. The van der Waals surface area contributed by atoms with Crippen LogP contribution in [0.3, 0.4) is 0 Å². The van der Waals surface area contributed by atoms with E-state index in [1.807, 2.05) is 38.1 Å². The third-order valence-electron chi connectivity index (χ3n) is 3.27. The molecule has 1 aromatic rings. The van der Waals surface area contributed by atoms with Gasteiger partial charge in [0.05, 0.1) is 13.5 Å². The molecule has 0 aliphatic carbocycles. The van der Waals surface area contributed by atoms with Crippen LogP contribution in [-0.2, 0) is 16.0 Å². The summed E-state index contributed by atoms with van der Waals surface area (Å²) in [7, 11) is 1.58. The molecule has 0 unspecified atom stereocenters. The van der Waals surface area contributed by atoms with E-state index in [-0.39, 0.29) is 24.8 Å². The topological polar surface area (TPSA) is 66.8 Å². The summed E-state index contributed by atoms with van der Waals surface area (Å²) in [5, 5.41) is 8.69. The molecule has 1 aromatic carbocycles. The minimum atomic E-state index is -0.837. The van der Waals surface area contributed by atoms with Crippen molar-refractivity contribution in [2.75, 3.05) is 13.7 Å². The molecule has 0 heterocycles. The third-order valence-corrected chi connectivity index (χ3v) is 3.27. The zero-order chi connectivity index (χ0) is 15.8. The molecule has 0 saturated carbocycles. The molecule has 0 saturated heterocycles. The number of carboxylic acid groups (broad SMARTS) is 1. The van der Waals surface area contributed by atoms with Crippen LogP contribution < -0.4 is 4.74 Å². The predicted molar refractivity (Wildman–Crippen MR) is 80.4 cm³/mol. The van der Waals surface area contributed by atoms with E-state index in [4.69, 9.17) is 9.84 Å². The zero-order valence-electron chi connectivity index (χ0n) is 12.8. The lowest BCUT2D eigenvalue weighted by molar-refractivity contribution is -0.138. The van der Waals surface area contributed by atoms with Crippen molar-refractivity contribution in [3.8, 4) is 5.75 Å². The fourth-order valence-corrected chi connectivity index (χ4v) is 2.18. The maximum atomic E-state index is 12.4. The van der Waals surface area contributed by atoms with Gasteiger partial charge in [-0.3, -0.25) is 9.59 Å². The molecule has 116 valence electrons. The molecule has 0 aliphatic rings. The van der Waals surface area contributed by atoms with Gasteiger partial charge in [0.2, 0.25) is 5.91 Å². The normalized spacial score (nSPS) is 10.5. The van der Waals surface area contributed by atoms with Crippen LogP contribution in [0.25, 0.3) is 0 Å². The van der Waals surface area contributed by atoms with Gasteiger partial charge in [-0.05, 0) is 26.3 Å². The number of benzene rings is 1. The summed E-state index contributed by atoms with van der Waals surface area (Å²) < 4.78 is 5.25. The lowest BCUT2D eigenvalue weighted by Crippen LogP contribution is -2.38. The summed E-state index contributed by atoms with van der Waals surface area (Å²) in [6, 6.07) is 7.47. The number of methoxy groups -OCH3 is 1. The van der Waals surface area contributed by atoms with Gasteiger partial charge in [0, 0.05) is 24.6 Å². The van der Waals surface area contributed by atoms with Crippen LogP contribution in [0.5, 0.6) is 5.75 Å². The molecule has 21 heavy (non-hydrogen) atoms. The summed E-state index contributed by atoms with van der Waals surface area (Å²) in [6.07, 6.45) is 0.797. The van der Waals surface area contributed by atoms with Gasteiger partial charge in [0.1, 0.15) is 5.75 Å². The van der Waals surface area contributed by atoms with Gasteiger partial charge < -0.3 is 14.7 Å². The van der Waals surface area contributed by atoms with E-state index < -0.39 is 5.97 Å². The average Bonchev–Trinajstić information content (AvgIpc) is 2.43. The number of carbonyl (C=O) groups excluding carboxylic acids is 1. The van der Waals surface area contributed by atoms with Gasteiger partial charge in [0.15, 0.2) is 0 Å². The summed E-state index contributed by atoms with van der Waals surface area (Å²) in [4.78, 5) is 24.7. The number of nitrogens with zero attached hydrogens (tertiary/aromatic N) is 1. The second-order valence-corrected chi connectivity index (χ2v) is 5.17. The van der Waals surface area contributed by atoms with Crippen molar-refractivity contribution in [3.05, 3.63) is 29.8 Å². The van der Waals surface area contributed by atoms with E-state index in [1.165, 1.54) is 0 Å². The quantitative estimate of drug-likeness (QED) is 0.799. The lowest BCUT2D eigenvalue weighted by atomic mass is 10.1. The highest BCUT2D eigenvalue weighted by Gasteiger charge is 2.18. The molecule has 0 atom stereocenters. The average molecular weight is 293 g/mol. The Morgan fingerprint density at radius 3 is 2.52 bits per heavy atom. The minimum Gasteiger partial charge on any atom is -0.496 e. The molecule has 0 aromatic heterocycles. The van der Waals surface area contributed by atoms with Gasteiger partial charge in [0.25, 0.3) is 0 Å². The molecule has 5 heteroatoms. The summed E-state index contributed by atoms with van der Waals surface area (Å²) in [6.45, 7) is 4.32. The first-order valence-corrected chi connectivity index (χ1v) is 7.08. The van der Waals surface area contributed by atoms with Crippen molar-refractivity contribution in [1.29, 1.82) is 0 Å². The molecule has 0 radical (unpaired) electrons. The van der Waals surface area contributed by atoms with E-state index >= 15 is 0 Å². The number of hydrogen-bond donors (Lipinski definition) is 1. The summed E-state index contributed by atoms with van der Waals surface area (Å²) >= 11 is 0. The Morgan fingerprint density at radius 2 is 1.95 bits per heavy atom. The molecule has 0 fully saturated rings. The van der Waals surface area contributed by atoms with Crippen molar-refractivity contribution >= 4 is 11.9 Å². The number of carboxylic acids is 1. The Bertz CT molecular complexity index is 485. The molecule has 0 spiro atoms. The standard InChI is InChI=1S/C16H23NO4/c1-12(2)17(10-6-9-16(19)20)15(18)11-13-7-4-5-8-14(13)21-3/h4-5,7-8,12H,6,9-11H2,1-3H3,(H,19,20). The smallest absolute Gasteiger partial charge is 0.303 e. The fraction of sp³-hybridized carbons (Fsp3) is 0.500. The molecule has 1 rings (SSSR count). The largest absolute Gasteiger partial charge is 0.496 e. The van der Waals surface area contributed by atoms with Crippen LogP contribution in [0.2, 0.25) is 0 Å². The van der Waals surface area contributed by atoms with E-state index in [1.54, 1.807) is 12.0 Å².